The van der Waals surface area contributed by atoms with Crippen molar-refractivity contribution in [2.45, 2.75) is 13.0 Å². The summed E-state index contributed by atoms with van der Waals surface area (Å²) in [4.78, 5) is 25.0. The van der Waals surface area contributed by atoms with Gasteiger partial charge in [-0.15, -0.1) is 0 Å². The number of nitro groups is 1. The van der Waals surface area contributed by atoms with Crippen LogP contribution in [0.5, 0.6) is 5.75 Å². The maximum Gasteiger partial charge on any atom is 0.335 e. The number of nitro benzene ring substituents is 1. The van der Waals surface area contributed by atoms with Crippen molar-refractivity contribution in [2.24, 2.45) is 0 Å². The molecular formula is C13H13N3O5. The van der Waals surface area contributed by atoms with Gasteiger partial charge in [-0.1, -0.05) is 0 Å². The van der Waals surface area contributed by atoms with Gasteiger partial charge in [0.1, 0.15) is 0 Å². The first-order valence-electron chi connectivity index (χ1n) is 6.18. The largest absolute Gasteiger partial charge is 0.487 e. The van der Waals surface area contributed by atoms with E-state index >= 15 is 0 Å². The number of hydrogen-bond acceptors (Lipinski definition) is 5. The molecule has 0 saturated carbocycles. The number of rotatable bonds is 7. The highest BCUT2D eigenvalue weighted by atomic mass is 16.6. The Morgan fingerprint density at radius 3 is 2.90 bits per heavy atom. The number of benzene rings is 1. The summed E-state index contributed by atoms with van der Waals surface area (Å²) in [6.07, 6.45) is 5.79. The number of imidazole rings is 1. The average Bonchev–Trinajstić information content (AvgIpc) is 2.96. The smallest absolute Gasteiger partial charge is 0.335 e. The molecule has 0 aliphatic heterocycles. The van der Waals surface area contributed by atoms with E-state index in [1.54, 1.807) is 12.5 Å². The lowest BCUT2D eigenvalue weighted by Gasteiger charge is -2.07. The zero-order valence-electron chi connectivity index (χ0n) is 11.0. The zero-order valence-corrected chi connectivity index (χ0v) is 11.0. The van der Waals surface area contributed by atoms with Crippen molar-refractivity contribution >= 4 is 11.7 Å². The van der Waals surface area contributed by atoms with Crippen molar-refractivity contribution in [2.75, 3.05) is 6.61 Å². The minimum atomic E-state index is -1.22. The molecule has 0 spiro atoms. The summed E-state index contributed by atoms with van der Waals surface area (Å²) in [5.41, 5.74) is -0.495. The van der Waals surface area contributed by atoms with Crippen molar-refractivity contribution < 1.29 is 19.6 Å². The van der Waals surface area contributed by atoms with Gasteiger partial charge in [-0.05, 0) is 18.6 Å². The molecule has 0 aliphatic carbocycles. The molecule has 0 aliphatic rings. The van der Waals surface area contributed by atoms with Crippen molar-refractivity contribution in [1.82, 2.24) is 9.55 Å². The van der Waals surface area contributed by atoms with E-state index in [9.17, 15) is 14.9 Å². The Bertz CT molecular complexity index is 639. The summed E-state index contributed by atoms with van der Waals surface area (Å²) < 4.78 is 7.23. The molecule has 1 heterocycles. The van der Waals surface area contributed by atoms with Crippen LogP contribution in [-0.4, -0.2) is 32.2 Å². The standard InChI is InChI=1S/C13H13N3O5/c17-13(18)10-2-3-12(11(8-10)16(19)20)21-7-1-5-15-6-4-14-9-15/h2-4,6,8-9H,1,5,7H2,(H,17,18). The van der Waals surface area contributed by atoms with Crippen molar-refractivity contribution in [3.63, 3.8) is 0 Å². The second-order valence-electron chi connectivity index (χ2n) is 4.25. The fourth-order valence-electron chi connectivity index (χ4n) is 1.76. The van der Waals surface area contributed by atoms with Crippen LogP contribution in [0.2, 0.25) is 0 Å². The van der Waals surface area contributed by atoms with E-state index in [1.165, 1.54) is 12.1 Å². The summed E-state index contributed by atoms with van der Waals surface area (Å²) in [7, 11) is 0. The molecule has 0 amide bonds. The number of carboxylic acids is 1. The van der Waals surface area contributed by atoms with Crippen LogP contribution in [0, 0.1) is 10.1 Å². The number of hydrogen-bond donors (Lipinski definition) is 1. The van der Waals surface area contributed by atoms with E-state index in [0.29, 0.717) is 13.0 Å². The van der Waals surface area contributed by atoms with Gasteiger partial charge >= 0.3 is 11.7 Å². The highest BCUT2D eigenvalue weighted by Gasteiger charge is 2.18. The topological polar surface area (TPSA) is 107 Å². The van der Waals surface area contributed by atoms with Crippen molar-refractivity contribution in [3.05, 3.63) is 52.6 Å². The molecule has 0 bridgehead atoms. The van der Waals surface area contributed by atoms with Gasteiger partial charge in [0.15, 0.2) is 5.75 Å². The van der Waals surface area contributed by atoms with Crippen molar-refractivity contribution in [3.8, 4) is 5.75 Å². The van der Waals surface area contributed by atoms with Crippen molar-refractivity contribution in [1.29, 1.82) is 0 Å². The molecule has 2 aromatic rings. The minimum Gasteiger partial charge on any atom is -0.487 e. The number of carboxylic acid groups (broad SMARTS) is 1. The Hall–Kier alpha value is -2.90. The molecule has 0 radical (unpaired) electrons. The molecular weight excluding hydrogens is 278 g/mol. The van der Waals surface area contributed by atoms with E-state index in [0.717, 1.165) is 6.07 Å². The SMILES string of the molecule is O=C(O)c1ccc(OCCCn2ccnc2)c([N+](=O)[O-])c1. The molecule has 0 unspecified atom stereocenters. The molecule has 0 atom stereocenters. The van der Waals surface area contributed by atoms with Gasteiger partial charge in [0.25, 0.3) is 0 Å². The second kappa shape index (κ2) is 6.51. The minimum absolute atomic E-state index is 0.0654. The third-order valence-corrected chi connectivity index (χ3v) is 2.78. The summed E-state index contributed by atoms with van der Waals surface area (Å²) in [6.45, 7) is 0.965. The molecule has 8 nitrogen and oxygen atoms in total. The van der Waals surface area contributed by atoms with Crippen LogP contribution >= 0.6 is 0 Å². The van der Waals surface area contributed by atoms with Gasteiger partial charge in [-0.25, -0.2) is 9.78 Å². The fourth-order valence-corrected chi connectivity index (χ4v) is 1.76. The molecule has 0 fully saturated rings. The quantitative estimate of drug-likeness (QED) is 0.474. The summed E-state index contributed by atoms with van der Waals surface area (Å²) in [5.74, 6) is -1.15. The predicted molar refractivity (Wildman–Crippen MR) is 72.4 cm³/mol. The summed E-state index contributed by atoms with van der Waals surface area (Å²) in [5, 5.41) is 19.8. The normalized spacial score (nSPS) is 10.3. The van der Waals surface area contributed by atoms with E-state index in [-0.39, 0.29) is 23.6 Å². The molecule has 1 aromatic heterocycles. The van der Waals surface area contributed by atoms with E-state index in [4.69, 9.17) is 9.84 Å². The lowest BCUT2D eigenvalue weighted by Crippen LogP contribution is -2.05. The zero-order chi connectivity index (χ0) is 15.2. The van der Waals surface area contributed by atoms with Gasteiger partial charge in [0.05, 0.1) is 23.4 Å². The number of ether oxygens (including phenoxy) is 1. The molecule has 110 valence electrons. The van der Waals surface area contributed by atoms with Crippen LogP contribution < -0.4 is 4.74 Å². The molecule has 1 aromatic carbocycles. The van der Waals surface area contributed by atoms with Gasteiger partial charge < -0.3 is 14.4 Å². The monoisotopic (exact) mass is 291 g/mol. The first-order chi connectivity index (χ1) is 10.1. The highest BCUT2D eigenvalue weighted by molar-refractivity contribution is 5.88. The Balaban J connectivity index is 1.98. The Kier molecular flexibility index (Phi) is 4.50. The summed E-state index contributed by atoms with van der Waals surface area (Å²) in [6, 6.07) is 3.58. The number of carbonyl (C=O) groups is 1. The second-order valence-corrected chi connectivity index (χ2v) is 4.25. The molecule has 0 saturated heterocycles. The van der Waals surface area contributed by atoms with Gasteiger partial charge in [-0.2, -0.15) is 0 Å². The number of aromatic carboxylic acids is 1. The van der Waals surface area contributed by atoms with Gasteiger partial charge in [-0.3, -0.25) is 10.1 Å². The third-order valence-electron chi connectivity index (χ3n) is 2.78. The van der Waals surface area contributed by atoms with Crippen LogP contribution in [0.1, 0.15) is 16.8 Å². The lowest BCUT2D eigenvalue weighted by molar-refractivity contribution is -0.385. The average molecular weight is 291 g/mol. The third kappa shape index (κ3) is 3.78. The van der Waals surface area contributed by atoms with Gasteiger partial charge in [0, 0.05) is 25.0 Å². The lowest BCUT2D eigenvalue weighted by atomic mass is 10.2. The summed E-state index contributed by atoms with van der Waals surface area (Å²) >= 11 is 0. The highest BCUT2D eigenvalue weighted by Crippen LogP contribution is 2.28. The van der Waals surface area contributed by atoms with E-state index < -0.39 is 10.9 Å². The number of nitrogens with zero attached hydrogens (tertiary/aromatic N) is 3. The number of aromatic nitrogens is 2. The Labute approximate surface area is 119 Å². The van der Waals surface area contributed by atoms with Crippen LogP contribution in [0.15, 0.2) is 36.9 Å². The van der Waals surface area contributed by atoms with Crippen LogP contribution in [0.25, 0.3) is 0 Å². The van der Waals surface area contributed by atoms with Crippen LogP contribution in [0.4, 0.5) is 5.69 Å². The number of aryl methyl sites for hydroxylation is 1. The Morgan fingerprint density at radius 2 is 2.29 bits per heavy atom. The van der Waals surface area contributed by atoms with E-state index in [1.807, 2.05) is 10.8 Å². The Morgan fingerprint density at radius 1 is 1.48 bits per heavy atom. The first kappa shape index (κ1) is 14.5. The molecule has 2 rings (SSSR count). The maximum atomic E-state index is 10.9. The molecule has 1 N–H and O–H groups in total. The predicted octanol–water partition coefficient (Wildman–Crippen LogP) is 1.96. The molecule has 8 heteroatoms. The molecule has 21 heavy (non-hydrogen) atoms. The van der Waals surface area contributed by atoms with Crippen LogP contribution in [0.3, 0.4) is 0 Å². The van der Waals surface area contributed by atoms with Crippen LogP contribution in [-0.2, 0) is 6.54 Å². The fraction of sp³-hybridized carbons (Fsp3) is 0.231. The van der Waals surface area contributed by atoms with E-state index in [2.05, 4.69) is 4.98 Å². The maximum absolute atomic E-state index is 10.9. The van der Waals surface area contributed by atoms with Gasteiger partial charge in [0.2, 0.25) is 0 Å². The first-order valence-corrected chi connectivity index (χ1v) is 6.18.